The van der Waals surface area contributed by atoms with Gasteiger partial charge in [-0.25, -0.2) is 15.0 Å². The Balaban J connectivity index is 0.00000256. The van der Waals surface area contributed by atoms with Crippen LogP contribution >= 0.6 is 24.0 Å². The predicted molar refractivity (Wildman–Crippen MR) is 132 cm³/mol. The molecule has 2 aromatic heterocycles. The van der Waals surface area contributed by atoms with Gasteiger partial charge in [-0.2, -0.15) is 0 Å². The number of rotatable bonds is 5. The first-order valence-corrected chi connectivity index (χ1v) is 10.1. The molecule has 1 aromatic carbocycles. The van der Waals surface area contributed by atoms with E-state index in [1.165, 1.54) is 0 Å². The zero-order valence-electron chi connectivity index (χ0n) is 17.2. The summed E-state index contributed by atoms with van der Waals surface area (Å²) in [7, 11) is 0. The van der Waals surface area contributed by atoms with Crippen molar-refractivity contribution in [2.45, 2.75) is 13.5 Å². The van der Waals surface area contributed by atoms with Crippen molar-refractivity contribution in [1.82, 2.24) is 25.2 Å². The number of imidazole rings is 1. The van der Waals surface area contributed by atoms with Crippen molar-refractivity contribution in [2.24, 2.45) is 4.99 Å². The van der Waals surface area contributed by atoms with Crippen LogP contribution in [0.1, 0.15) is 12.7 Å². The fraction of sp³-hybridized carbons (Fsp3) is 0.318. The number of aromatic nitrogens is 3. The summed E-state index contributed by atoms with van der Waals surface area (Å²) in [6, 6.07) is 16.3. The molecule has 1 aliphatic heterocycles. The van der Waals surface area contributed by atoms with E-state index in [1.54, 1.807) is 0 Å². The van der Waals surface area contributed by atoms with Crippen LogP contribution < -0.4 is 10.2 Å². The number of guanidine groups is 1. The molecule has 0 aliphatic carbocycles. The second kappa shape index (κ2) is 11.0. The Morgan fingerprint density at radius 1 is 1.03 bits per heavy atom. The number of hydrogen-bond donors (Lipinski definition) is 2. The van der Waals surface area contributed by atoms with E-state index in [-0.39, 0.29) is 24.0 Å². The minimum absolute atomic E-state index is 0. The van der Waals surface area contributed by atoms with Crippen LogP contribution in [0.25, 0.3) is 11.3 Å². The smallest absolute Gasteiger partial charge is 0.194 e. The Kier molecular flexibility index (Phi) is 8.06. The van der Waals surface area contributed by atoms with Crippen molar-refractivity contribution in [2.75, 3.05) is 37.6 Å². The first kappa shape index (κ1) is 22.1. The normalized spacial score (nSPS) is 14.4. The van der Waals surface area contributed by atoms with Gasteiger partial charge in [-0.1, -0.05) is 36.4 Å². The Morgan fingerprint density at radius 3 is 2.50 bits per heavy atom. The highest BCUT2D eigenvalue weighted by atomic mass is 127. The van der Waals surface area contributed by atoms with Gasteiger partial charge in [0, 0.05) is 38.9 Å². The lowest BCUT2D eigenvalue weighted by atomic mass is 10.2. The standard InChI is InChI=1S/C22H27N7.HI/c1-2-23-22(29-14-12-28(13-15-29)21-10-6-7-11-24-21)26-17-20-25-16-19(27-20)18-8-4-3-5-9-18;/h3-11,16H,2,12-15,17H2,1H3,(H,23,26)(H,25,27);1H. The van der Waals surface area contributed by atoms with Gasteiger partial charge in [0.15, 0.2) is 5.96 Å². The minimum atomic E-state index is 0. The molecular formula is C22H28IN7. The van der Waals surface area contributed by atoms with Crippen LogP contribution in [-0.4, -0.2) is 58.5 Å². The van der Waals surface area contributed by atoms with E-state index >= 15 is 0 Å². The number of piperazine rings is 1. The summed E-state index contributed by atoms with van der Waals surface area (Å²) < 4.78 is 0. The van der Waals surface area contributed by atoms with Crippen LogP contribution in [0.4, 0.5) is 5.82 Å². The van der Waals surface area contributed by atoms with Crippen molar-refractivity contribution in [3.05, 3.63) is 66.7 Å². The van der Waals surface area contributed by atoms with Crippen molar-refractivity contribution < 1.29 is 0 Å². The molecule has 0 bridgehead atoms. The summed E-state index contributed by atoms with van der Waals surface area (Å²) in [4.78, 5) is 21.8. The lowest BCUT2D eigenvalue weighted by Gasteiger charge is -2.37. The molecule has 0 spiro atoms. The summed E-state index contributed by atoms with van der Waals surface area (Å²) in [5.41, 5.74) is 2.15. The van der Waals surface area contributed by atoms with Gasteiger partial charge >= 0.3 is 0 Å². The molecule has 0 radical (unpaired) electrons. The molecule has 30 heavy (non-hydrogen) atoms. The fourth-order valence-electron chi connectivity index (χ4n) is 3.47. The van der Waals surface area contributed by atoms with E-state index in [2.05, 4.69) is 55.2 Å². The van der Waals surface area contributed by atoms with Crippen LogP contribution in [0, 0.1) is 0 Å². The molecule has 8 heteroatoms. The minimum Gasteiger partial charge on any atom is -0.357 e. The second-order valence-electron chi connectivity index (χ2n) is 6.94. The predicted octanol–water partition coefficient (Wildman–Crippen LogP) is 3.38. The van der Waals surface area contributed by atoms with Crippen LogP contribution in [0.15, 0.2) is 65.9 Å². The number of aromatic amines is 1. The summed E-state index contributed by atoms with van der Waals surface area (Å²) in [6.07, 6.45) is 3.72. The van der Waals surface area contributed by atoms with Crippen molar-refractivity contribution >= 4 is 35.8 Å². The molecule has 1 saturated heterocycles. The van der Waals surface area contributed by atoms with Gasteiger partial charge < -0.3 is 20.1 Å². The average molecular weight is 517 g/mol. The molecule has 0 amide bonds. The lowest BCUT2D eigenvalue weighted by Crippen LogP contribution is -2.52. The van der Waals surface area contributed by atoms with Crippen LogP contribution in [0.2, 0.25) is 0 Å². The van der Waals surface area contributed by atoms with Crippen molar-refractivity contribution in [3.63, 3.8) is 0 Å². The first-order chi connectivity index (χ1) is 14.3. The van der Waals surface area contributed by atoms with E-state index in [1.807, 2.05) is 42.7 Å². The number of hydrogen-bond acceptors (Lipinski definition) is 4. The van der Waals surface area contributed by atoms with Gasteiger partial charge in [-0.3, -0.25) is 0 Å². The molecule has 0 atom stereocenters. The summed E-state index contributed by atoms with van der Waals surface area (Å²) in [6.45, 7) is 7.15. The lowest BCUT2D eigenvalue weighted by molar-refractivity contribution is 0.371. The van der Waals surface area contributed by atoms with E-state index in [9.17, 15) is 0 Å². The molecule has 0 unspecified atom stereocenters. The quantitative estimate of drug-likeness (QED) is 0.309. The summed E-state index contributed by atoms with van der Waals surface area (Å²) in [5.74, 6) is 2.84. The number of nitrogens with one attached hydrogen (secondary N) is 2. The maximum absolute atomic E-state index is 4.82. The summed E-state index contributed by atoms with van der Waals surface area (Å²) >= 11 is 0. The Bertz CT molecular complexity index is 919. The molecule has 1 aliphatic rings. The molecule has 7 nitrogen and oxygen atoms in total. The van der Waals surface area contributed by atoms with Gasteiger partial charge in [-0.15, -0.1) is 24.0 Å². The number of halogens is 1. The van der Waals surface area contributed by atoms with Gasteiger partial charge in [0.1, 0.15) is 18.2 Å². The van der Waals surface area contributed by atoms with Crippen molar-refractivity contribution in [1.29, 1.82) is 0 Å². The third-order valence-electron chi connectivity index (χ3n) is 4.98. The zero-order chi connectivity index (χ0) is 19.9. The second-order valence-corrected chi connectivity index (χ2v) is 6.94. The SMILES string of the molecule is CCNC(=NCc1ncc(-c2ccccc2)[nH]1)N1CCN(c2ccccn2)CC1.I. The number of anilines is 1. The van der Waals surface area contributed by atoms with Crippen LogP contribution in [0.5, 0.6) is 0 Å². The van der Waals surface area contributed by atoms with E-state index < -0.39 is 0 Å². The third-order valence-corrected chi connectivity index (χ3v) is 4.98. The Labute approximate surface area is 194 Å². The topological polar surface area (TPSA) is 72.4 Å². The monoisotopic (exact) mass is 517 g/mol. The Hall–Kier alpha value is -2.62. The first-order valence-electron chi connectivity index (χ1n) is 10.1. The van der Waals surface area contributed by atoms with Crippen LogP contribution in [0.3, 0.4) is 0 Å². The maximum Gasteiger partial charge on any atom is 0.194 e. The number of benzene rings is 1. The maximum atomic E-state index is 4.82. The Morgan fingerprint density at radius 2 is 1.80 bits per heavy atom. The molecule has 4 rings (SSSR count). The van der Waals surface area contributed by atoms with Gasteiger partial charge in [0.05, 0.1) is 11.9 Å². The molecule has 2 N–H and O–H groups in total. The molecule has 3 heterocycles. The van der Waals surface area contributed by atoms with E-state index in [0.717, 1.165) is 61.6 Å². The van der Waals surface area contributed by atoms with E-state index in [0.29, 0.717) is 6.54 Å². The molecule has 1 fully saturated rings. The molecular weight excluding hydrogens is 489 g/mol. The third kappa shape index (κ3) is 5.50. The highest BCUT2D eigenvalue weighted by Crippen LogP contribution is 2.16. The summed E-state index contributed by atoms with van der Waals surface area (Å²) in [5, 5.41) is 3.42. The molecule has 3 aromatic rings. The number of aliphatic imine (C=N–C) groups is 1. The van der Waals surface area contributed by atoms with Gasteiger partial charge in [0.2, 0.25) is 0 Å². The van der Waals surface area contributed by atoms with Crippen LogP contribution in [-0.2, 0) is 6.54 Å². The molecule has 158 valence electrons. The highest BCUT2D eigenvalue weighted by Gasteiger charge is 2.20. The average Bonchev–Trinajstić information content (AvgIpc) is 3.27. The van der Waals surface area contributed by atoms with Gasteiger partial charge in [-0.05, 0) is 24.6 Å². The number of nitrogens with zero attached hydrogens (tertiary/aromatic N) is 5. The zero-order valence-corrected chi connectivity index (χ0v) is 19.5. The highest BCUT2D eigenvalue weighted by molar-refractivity contribution is 14.0. The van der Waals surface area contributed by atoms with E-state index in [4.69, 9.17) is 4.99 Å². The number of pyridine rings is 1. The van der Waals surface area contributed by atoms with Gasteiger partial charge in [0.25, 0.3) is 0 Å². The number of H-pyrrole nitrogens is 1. The largest absolute Gasteiger partial charge is 0.357 e. The fourth-order valence-corrected chi connectivity index (χ4v) is 3.47. The van der Waals surface area contributed by atoms with Crippen molar-refractivity contribution in [3.8, 4) is 11.3 Å². The molecule has 0 saturated carbocycles.